The average Bonchev–Trinajstić information content (AvgIpc) is 2.57. The molecule has 0 aliphatic carbocycles. The van der Waals surface area contributed by atoms with Crippen LogP contribution in [0.4, 0.5) is 0 Å². The molecule has 0 radical (unpaired) electrons. The molecular weight excluding hydrogens is 308 g/mol. The molecule has 0 bridgehead atoms. The lowest BCUT2D eigenvalue weighted by Crippen LogP contribution is -2.17. The zero-order valence-corrected chi connectivity index (χ0v) is 16.0. The molecular formula is C22H28OSi. The normalized spacial score (nSPS) is 12.7. The van der Waals surface area contributed by atoms with Gasteiger partial charge in [0.15, 0.2) is 0 Å². The Labute approximate surface area is 147 Å². The molecule has 2 aromatic rings. The minimum absolute atomic E-state index is 0.684. The highest BCUT2D eigenvalue weighted by Crippen LogP contribution is 2.14. The topological polar surface area (TPSA) is 9.23 Å². The minimum Gasteiger partial charge on any atom is -0.376 e. The first-order valence-electron chi connectivity index (χ1n) is 8.59. The maximum absolute atomic E-state index is 5.86. The highest BCUT2D eigenvalue weighted by molar-refractivity contribution is 6.81. The molecule has 0 aromatic heterocycles. The van der Waals surface area contributed by atoms with Crippen LogP contribution in [0.3, 0.4) is 0 Å². The summed E-state index contributed by atoms with van der Waals surface area (Å²) in [5.41, 5.74) is 6.32. The first-order chi connectivity index (χ1) is 11.5. The third-order valence-electron chi connectivity index (χ3n) is 3.55. The van der Waals surface area contributed by atoms with Gasteiger partial charge in [0.05, 0.1) is 21.3 Å². The van der Waals surface area contributed by atoms with E-state index in [-0.39, 0.29) is 0 Å². The molecule has 0 N–H and O–H groups in total. The number of hydrogen-bond donors (Lipinski definition) is 0. The summed E-state index contributed by atoms with van der Waals surface area (Å²) in [5.74, 6) is 0. The van der Waals surface area contributed by atoms with Gasteiger partial charge in [0.25, 0.3) is 0 Å². The molecule has 0 heterocycles. The van der Waals surface area contributed by atoms with Crippen molar-refractivity contribution in [2.75, 3.05) is 6.61 Å². The Kier molecular flexibility index (Phi) is 7.23. The molecule has 2 aromatic carbocycles. The highest BCUT2D eigenvalue weighted by Gasteiger charge is 2.10. The van der Waals surface area contributed by atoms with Crippen molar-refractivity contribution >= 4 is 14.1 Å². The van der Waals surface area contributed by atoms with Gasteiger partial charge in [-0.05, 0) is 17.5 Å². The van der Waals surface area contributed by atoms with E-state index in [9.17, 15) is 0 Å². The van der Waals surface area contributed by atoms with Crippen molar-refractivity contribution in [2.45, 2.75) is 32.7 Å². The van der Waals surface area contributed by atoms with Gasteiger partial charge in [0, 0.05) is 0 Å². The number of hydrogen-bond acceptors (Lipinski definition) is 1. The van der Waals surface area contributed by atoms with Crippen LogP contribution < -0.4 is 0 Å². The molecule has 1 nitrogen and oxygen atoms in total. The third-order valence-corrected chi connectivity index (χ3v) is 4.79. The molecule has 126 valence electrons. The Morgan fingerprint density at radius 1 is 0.917 bits per heavy atom. The van der Waals surface area contributed by atoms with Crippen LogP contribution in [0.25, 0.3) is 6.08 Å². The second-order valence-corrected chi connectivity index (χ2v) is 12.1. The van der Waals surface area contributed by atoms with E-state index in [1.165, 1.54) is 16.7 Å². The smallest absolute Gasteiger partial charge is 0.0717 e. The van der Waals surface area contributed by atoms with Crippen LogP contribution in [-0.4, -0.2) is 14.7 Å². The van der Waals surface area contributed by atoms with E-state index >= 15 is 0 Å². The number of ether oxygens (including phenoxy) is 1. The standard InChI is InChI=1S/C22H28OSi/c1-24(2,3)19-22(15-14-20-10-6-4-7-11-20)16-17-23-18-21-12-8-5-9-13-21/h4-15,19H,16-18H2,1-3H3/b15-14-,22-19-. The summed E-state index contributed by atoms with van der Waals surface area (Å²) in [5, 5.41) is 0. The molecule has 0 unspecified atom stereocenters. The summed E-state index contributed by atoms with van der Waals surface area (Å²) >= 11 is 0. The highest BCUT2D eigenvalue weighted by atomic mass is 28.3. The summed E-state index contributed by atoms with van der Waals surface area (Å²) < 4.78 is 5.86. The SMILES string of the molecule is C[Si](C)(C)/C=C(/C=C\c1ccccc1)CCOCc1ccccc1. The van der Waals surface area contributed by atoms with Crippen LogP contribution in [0.15, 0.2) is 78.0 Å². The predicted octanol–water partition coefficient (Wildman–Crippen LogP) is 6.11. The van der Waals surface area contributed by atoms with Gasteiger partial charge >= 0.3 is 0 Å². The van der Waals surface area contributed by atoms with Crippen LogP contribution in [0, 0.1) is 0 Å². The first-order valence-corrected chi connectivity index (χ1v) is 12.2. The lowest BCUT2D eigenvalue weighted by Gasteiger charge is -2.13. The zero-order valence-electron chi connectivity index (χ0n) is 15.0. The fourth-order valence-electron chi connectivity index (χ4n) is 2.48. The molecule has 0 atom stereocenters. The van der Waals surface area contributed by atoms with Crippen LogP contribution in [-0.2, 0) is 11.3 Å². The molecule has 2 heteroatoms. The summed E-state index contributed by atoms with van der Waals surface area (Å²) in [7, 11) is -1.25. The quantitative estimate of drug-likeness (QED) is 0.321. The van der Waals surface area contributed by atoms with Gasteiger partial charge in [0.2, 0.25) is 0 Å². The number of benzene rings is 2. The number of allylic oxidation sites excluding steroid dienone is 1. The van der Waals surface area contributed by atoms with Gasteiger partial charge in [-0.3, -0.25) is 0 Å². The van der Waals surface area contributed by atoms with Crippen molar-refractivity contribution in [2.24, 2.45) is 0 Å². The zero-order chi connectivity index (χ0) is 17.3. The first kappa shape index (κ1) is 18.4. The molecule has 0 aliphatic rings. The van der Waals surface area contributed by atoms with Crippen LogP contribution >= 0.6 is 0 Å². The van der Waals surface area contributed by atoms with Crippen molar-refractivity contribution in [3.8, 4) is 0 Å². The van der Waals surface area contributed by atoms with E-state index < -0.39 is 8.07 Å². The molecule has 0 saturated heterocycles. The van der Waals surface area contributed by atoms with Crippen molar-refractivity contribution in [1.82, 2.24) is 0 Å². The van der Waals surface area contributed by atoms with Crippen LogP contribution in [0.1, 0.15) is 17.5 Å². The third kappa shape index (κ3) is 7.58. The molecule has 0 amide bonds. The molecule has 2 rings (SSSR count). The van der Waals surface area contributed by atoms with E-state index in [2.05, 4.69) is 86.0 Å². The van der Waals surface area contributed by atoms with E-state index in [1.54, 1.807) is 0 Å². The molecule has 0 spiro atoms. The van der Waals surface area contributed by atoms with Crippen LogP contribution in [0.5, 0.6) is 0 Å². The van der Waals surface area contributed by atoms with Crippen molar-refractivity contribution in [3.63, 3.8) is 0 Å². The summed E-state index contributed by atoms with van der Waals surface area (Å²) in [4.78, 5) is 0. The fraction of sp³-hybridized carbons (Fsp3) is 0.273. The molecule has 24 heavy (non-hydrogen) atoms. The van der Waals surface area contributed by atoms with Gasteiger partial charge in [0.1, 0.15) is 0 Å². The van der Waals surface area contributed by atoms with E-state index in [0.29, 0.717) is 6.61 Å². The van der Waals surface area contributed by atoms with E-state index in [1.807, 2.05) is 12.1 Å². The predicted molar refractivity (Wildman–Crippen MR) is 108 cm³/mol. The maximum atomic E-state index is 5.86. The fourth-order valence-corrected chi connectivity index (χ4v) is 3.83. The van der Waals surface area contributed by atoms with E-state index in [0.717, 1.165) is 13.0 Å². The minimum atomic E-state index is -1.25. The van der Waals surface area contributed by atoms with Crippen LogP contribution in [0.2, 0.25) is 19.6 Å². The molecule has 0 fully saturated rings. The van der Waals surface area contributed by atoms with Gasteiger partial charge < -0.3 is 4.74 Å². The lowest BCUT2D eigenvalue weighted by atomic mass is 10.1. The van der Waals surface area contributed by atoms with Gasteiger partial charge in [-0.15, -0.1) is 0 Å². The largest absolute Gasteiger partial charge is 0.376 e. The lowest BCUT2D eigenvalue weighted by molar-refractivity contribution is 0.124. The van der Waals surface area contributed by atoms with Gasteiger partial charge in [-0.2, -0.15) is 0 Å². The number of rotatable bonds is 8. The summed E-state index contributed by atoms with van der Waals surface area (Å²) in [6.07, 6.45) is 5.41. The maximum Gasteiger partial charge on any atom is 0.0717 e. The van der Waals surface area contributed by atoms with Crippen molar-refractivity contribution in [1.29, 1.82) is 0 Å². The summed E-state index contributed by atoms with van der Waals surface area (Å²) in [6.45, 7) is 8.55. The Bertz CT molecular complexity index is 651. The van der Waals surface area contributed by atoms with Gasteiger partial charge in [-0.25, -0.2) is 0 Å². The Morgan fingerprint density at radius 2 is 1.54 bits per heavy atom. The second kappa shape index (κ2) is 9.41. The molecule has 0 aliphatic heterocycles. The Morgan fingerprint density at radius 3 is 2.17 bits per heavy atom. The monoisotopic (exact) mass is 336 g/mol. The van der Waals surface area contributed by atoms with Crippen molar-refractivity contribution < 1.29 is 4.74 Å². The van der Waals surface area contributed by atoms with Gasteiger partial charge in [-0.1, -0.05) is 104 Å². The van der Waals surface area contributed by atoms with Crippen molar-refractivity contribution in [3.05, 3.63) is 89.1 Å². The van der Waals surface area contributed by atoms with E-state index in [4.69, 9.17) is 4.74 Å². The Hall–Kier alpha value is -1.90. The summed E-state index contributed by atoms with van der Waals surface area (Å²) in [6, 6.07) is 20.8. The Balaban J connectivity index is 1.92. The second-order valence-electron chi connectivity index (χ2n) is 7.12. The molecule has 0 saturated carbocycles. The average molecular weight is 337 g/mol.